The molecule has 0 aliphatic heterocycles. The third kappa shape index (κ3) is 2.29. The van der Waals surface area contributed by atoms with Crippen LogP contribution in [0.1, 0.15) is 23.8 Å². The first-order chi connectivity index (χ1) is 7.44. The summed E-state index contributed by atoms with van der Waals surface area (Å²) in [6.45, 7) is 3.72. The summed E-state index contributed by atoms with van der Waals surface area (Å²) in [7, 11) is -3.38. The number of aryl methyl sites for hydroxylation is 1. The van der Waals surface area contributed by atoms with Gasteiger partial charge < -0.3 is 5.11 Å². The Kier molecular flexibility index (Phi) is 3.09. The lowest BCUT2D eigenvalue weighted by Crippen LogP contribution is -2.26. The van der Waals surface area contributed by atoms with E-state index in [0.29, 0.717) is 15.0 Å². The van der Waals surface area contributed by atoms with Crippen LogP contribution in [-0.4, -0.2) is 19.6 Å². The molecule has 0 bridgehead atoms. The predicted molar refractivity (Wildman–Crippen MR) is 62.9 cm³/mol. The number of thiophene rings is 1. The van der Waals surface area contributed by atoms with E-state index in [1.807, 2.05) is 6.92 Å². The topological polar surface area (TPSA) is 66.4 Å². The van der Waals surface area contributed by atoms with Crippen molar-refractivity contribution in [2.75, 3.05) is 0 Å². The molecule has 2 atom stereocenters. The molecule has 4 nitrogen and oxygen atoms in total. The first-order valence-electron chi connectivity index (χ1n) is 5.16. The number of hydrogen-bond donors (Lipinski definition) is 2. The molecule has 0 radical (unpaired) electrons. The minimum Gasteiger partial charge on any atom is -0.391 e. The number of aliphatic hydroxyl groups excluding tert-OH is 1. The summed E-state index contributed by atoms with van der Waals surface area (Å²) in [6.07, 6.45) is 0.913. The highest BCUT2D eigenvalue weighted by Crippen LogP contribution is 2.32. The molecular weight excluding hydrogens is 246 g/mol. The molecule has 2 rings (SSSR count). The molecule has 1 saturated carbocycles. The lowest BCUT2D eigenvalue weighted by molar-refractivity contribution is 0.285. The molecule has 90 valence electrons. The molecule has 16 heavy (non-hydrogen) atoms. The van der Waals surface area contributed by atoms with Crippen molar-refractivity contribution in [3.8, 4) is 0 Å². The van der Waals surface area contributed by atoms with Crippen molar-refractivity contribution in [1.29, 1.82) is 0 Å². The van der Waals surface area contributed by atoms with E-state index in [4.69, 9.17) is 5.11 Å². The molecule has 0 saturated heterocycles. The quantitative estimate of drug-likeness (QED) is 0.857. The maximum Gasteiger partial charge on any atom is 0.250 e. The first-order valence-corrected chi connectivity index (χ1v) is 7.46. The Morgan fingerprint density at radius 2 is 2.25 bits per heavy atom. The first kappa shape index (κ1) is 12.0. The van der Waals surface area contributed by atoms with E-state index in [-0.39, 0.29) is 12.6 Å². The fourth-order valence-electron chi connectivity index (χ4n) is 1.52. The van der Waals surface area contributed by atoms with Crippen molar-refractivity contribution in [2.24, 2.45) is 5.92 Å². The van der Waals surface area contributed by atoms with E-state index >= 15 is 0 Å². The van der Waals surface area contributed by atoms with Crippen LogP contribution >= 0.6 is 11.3 Å². The van der Waals surface area contributed by atoms with Crippen LogP contribution in [-0.2, 0) is 16.6 Å². The molecule has 0 amide bonds. The third-order valence-corrected chi connectivity index (χ3v) is 6.01. The van der Waals surface area contributed by atoms with Crippen molar-refractivity contribution < 1.29 is 13.5 Å². The predicted octanol–water partition coefficient (Wildman–Crippen LogP) is 1.24. The van der Waals surface area contributed by atoms with Gasteiger partial charge in [0.25, 0.3) is 0 Å². The van der Waals surface area contributed by atoms with Gasteiger partial charge in [-0.05, 0) is 30.9 Å². The number of aliphatic hydroxyl groups is 1. The number of hydrogen-bond acceptors (Lipinski definition) is 4. The van der Waals surface area contributed by atoms with E-state index in [2.05, 4.69) is 4.72 Å². The van der Waals surface area contributed by atoms with Crippen LogP contribution in [0.15, 0.2) is 10.3 Å². The zero-order valence-electron chi connectivity index (χ0n) is 9.23. The molecule has 6 heteroatoms. The largest absolute Gasteiger partial charge is 0.391 e. The second-order valence-electron chi connectivity index (χ2n) is 4.27. The molecule has 1 aliphatic rings. The highest BCUT2D eigenvalue weighted by atomic mass is 32.2. The van der Waals surface area contributed by atoms with Gasteiger partial charge >= 0.3 is 0 Å². The van der Waals surface area contributed by atoms with Crippen molar-refractivity contribution in [3.63, 3.8) is 0 Å². The zero-order chi connectivity index (χ0) is 11.9. The fraction of sp³-hybridized carbons (Fsp3) is 0.600. The second kappa shape index (κ2) is 4.10. The maximum atomic E-state index is 11.9. The molecule has 2 N–H and O–H groups in total. The van der Waals surface area contributed by atoms with Gasteiger partial charge in [-0.25, -0.2) is 13.1 Å². The Balaban J connectivity index is 2.21. The van der Waals surface area contributed by atoms with Crippen molar-refractivity contribution in [1.82, 2.24) is 4.72 Å². The smallest absolute Gasteiger partial charge is 0.250 e. The Morgan fingerprint density at radius 1 is 1.62 bits per heavy atom. The fourth-order valence-corrected chi connectivity index (χ4v) is 4.34. The molecule has 1 aliphatic carbocycles. The van der Waals surface area contributed by atoms with Crippen molar-refractivity contribution >= 4 is 21.4 Å². The van der Waals surface area contributed by atoms with Gasteiger partial charge in [0.15, 0.2) is 0 Å². The highest BCUT2D eigenvalue weighted by molar-refractivity contribution is 7.91. The average Bonchev–Trinajstić information content (AvgIpc) is 2.74. The van der Waals surface area contributed by atoms with E-state index in [9.17, 15) is 8.42 Å². The molecule has 1 aromatic rings. The van der Waals surface area contributed by atoms with Crippen LogP contribution in [0.4, 0.5) is 0 Å². The third-order valence-electron chi connectivity index (χ3n) is 2.82. The summed E-state index contributed by atoms with van der Waals surface area (Å²) in [4.78, 5) is 0.712. The number of nitrogens with one attached hydrogen (secondary N) is 1. The zero-order valence-corrected chi connectivity index (χ0v) is 10.9. The molecular formula is C10H15NO3S2. The van der Waals surface area contributed by atoms with Crippen molar-refractivity contribution in [3.05, 3.63) is 16.5 Å². The average molecular weight is 261 g/mol. The Morgan fingerprint density at radius 3 is 2.69 bits per heavy atom. The summed E-state index contributed by atoms with van der Waals surface area (Å²) in [5, 5.41) is 9.03. The van der Waals surface area contributed by atoms with Crippen LogP contribution in [0.3, 0.4) is 0 Å². The van der Waals surface area contributed by atoms with Crippen LogP contribution in [0.25, 0.3) is 0 Å². The van der Waals surface area contributed by atoms with Gasteiger partial charge in [-0.2, -0.15) is 0 Å². The van der Waals surface area contributed by atoms with Crippen LogP contribution < -0.4 is 4.72 Å². The second-order valence-corrected chi connectivity index (χ2v) is 7.35. The minimum atomic E-state index is -3.38. The lowest BCUT2D eigenvalue weighted by atomic mass is 10.3. The highest BCUT2D eigenvalue weighted by Gasteiger charge is 2.36. The standard InChI is InChI=1S/C10H15NO3S2/c1-6-3-8(6)11-16(13,14)10-4-7(2)9(5-12)15-10/h4,6,8,11-12H,3,5H2,1-2H3. The van der Waals surface area contributed by atoms with E-state index in [0.717, 1.165) is 23.3 Å². The van der Waals surface area contributed by atoms with Crippen molar-refractivity contribution in [2.45, 2.75) is 37.1 Å². The number of sulfonamides is 1. The summed E-state index contributed by atoms with van der Waals surface area (Å²) in [5.74, 6) is 0.438. The van der Waals surface area contributed by atoms with Crippen LogP contribution in [0.5, 0.6) is 0 Å². The molecule has 0 aromatic carbocycles. The normalized spacial score (nSPS) is 24.7. The molecule has 1 aromatic heterocycles. The van der Waals surface area contributed by atoms with E-state index in [1.165, 1.54) is 0 Å². The summed E-state index contributed by atoms with van der Waals surface area (Å²) in [5.41, 5.74) is 0.830. The summed E-state index contributed by atoms with van der Waals surface area (Å²) >= 11 is 1.14. The molecule has 1 heterocycles. The number of rotatable bonds is 4. The monoisotopic (exact) mass is 261 g/mol. The van der Waals surface area contributed by atoms with Gasteiger partial charge in [-0.1, -0.05) is 6.92 Å². The van der Waals surface area contributed by atoms with Crippen LogP contribution in [0, 0.1) is 12.8 Å². The van der Waals surface area contributed by atoms with Gasteiger partial charge in [0.1, 0.15) is 4.21 Å². The Bertz CT molecular complexity index is 492. The molecule has 0 spiro atoms. The van der Waals surface area contributed by atoms with Gasteiger partial charge in [0.05, 0.1) is 6.61 Å². The van der Waals surface area contributed by atoms with Gasteiger partial charge in [-0.3, -0.25) is 0 Å². The summed E-state index contributed by atoms with van der Waals surface area (Å²) in [6, 6.07) is 1.70. The van der Waals surface area contributed by atoms with Crippen LogP contribution in [0.2, 0.25) is 0 Å². The SMILES string of the molecule is Cc1cc(S(=O)(=O)NC2CC2C)sc1CO. The maximum absolute atomic E-state index is 11.9. The van der Waals surface area contributed by atoms with Gasteiger partial charge in [0.2, 0.25) is 10.0 Å². The Labute approximate surface area is 99.4 Å². The van der Waals surface area contributed by atoms with E-state index < -0.39 is 10.0 Å². The molecule has 1 fully saturated rings. The Hall–Kier alpha value is -0.430. The van der Waals surface area contributed by atoms with E-state index in [1.54, 1.807) is 13.0 Å². The lowest BCUT2D eigenvalue weighted by Gasteiger charge is -2.02. The van der Waals surface area contributed by atoms with Gasteiger partial charge in [0, 0.05) is 10.9 Å². The minimum absolute atomic E-state index is 0.0879. The molecule has 2 unspecified atom stereocenters. The summed E-state index contributed by atoms with van der Waals surface area (Å²) < 4.78 is 26.8. The van der Waals surface area contributed by atoms with Gasteiger partial charge in [-0.15, -0.1) is 11.3 Å².